The van der Waals surface area contributed by atoms with Crippen molar-refractivity contribution in [2.24, 2.45) is 0 Å². The molecule has 0 N–H and O–H groups in total. The molecule has 5 heteroatoms. The first kappa shape index (κ1) is 13.1. The van der Waals surface area contributed by atoms with Gasteiger partial charge in [-0.15, -0.1) is 0 Å². The van der Waals surface area contributed by atoms with Crippen molar-refractivity contribution in [1.82, 2.24) is 4.98 Å². The van der Waals surface area contributed by atoms with Gasteiger partial charge < -0.3 is 9.64 Å². The van der Waals surface area contributed by atoms with Crippen LogP contribution >= 0.6 is 15.9 Å². The molecule has 2 aromatic rings. The largest absolute Gasteiger partial charge is 0.491 e. The van der Waals surface area contributed by atoms with Crippen LogP contribution in [0.2, 0.25) is 0 Å². The quantitative estimate of drug-likeness (QED) is 0.752. The van der Waals surface area contributed by atoms with E-state index < -0.39 is 0 Å². The molecule has 0 aliphatic carbocycles. The van der Waals surface area contributed by atoms with Crippen molar-refractivity contribution < 1.29 is 9.53 Å². The van der Waals surface area contributed by atoms with Gasteiger partial charge in [-0.1, -0.05) is 12.1 Å². The molecule has 0 saturated heterocycles. The van der Waals surface area contributed by atoms with Crippen molar-refractivity contribution in [2.45, 2.75) is 6.42 Å². The van der Waals surface area contributed by atoms with Crippen LogP contribution in [0.5, 0.6) is 5.75 Å². The predicted molar refractivity (Wildman–Crippen MR) is 80.2 cm³/mol. The Bertz CT molecular complexity index is 645. The lowest BCUT2D eigenvalue weighted by atomic mass is 10.2. The summed E-state index contributed by atoms with van der Waals surface area (Å²) in [7, 11) is 0. The van der Waals surface area contributed by atoms with Crippen LogP contribution < -0.4 is 9.64 Å². The lowest BCUT2D eigenvalue weighted by Crippen LogP contribution is -2.31. The first-order valence-electron chi connectivity index (χ1n) is 6.41. The second kappa shape index (κ2) is 5.63. The maximum absolute atomic E-state index is 12.7. The van der Waals surface area contributed by atoms with Crippen LogP contribution in [0.3, 0.4) is 0 Å². The number of halogens is 1. The number of hydrogen-bond donors (Lipinski definition) is 0. The van der Waals surface area contributed by atoms with Crippen molar-refractivity contribution >= 4 is 27.5 Å². The van der Waals surface area contributed by atoms with E-state index in [1.807, 2.05) is 24.3 Å². The van der Waals surface area contributed by atoms with Crippen LogP contribution in [0, 0.1) is 0 Å². The molecule has 102 valence electrons. The minimum Gasteiger partial charge on any atom is -0.491 e. The van der Waals surface area contributed by atoms with E-state index in [9.17, 15) is 4.79 Å². The van der Waals surface area contributed by atoms with Crippen LogP contribution in [-0.2, 0) is 0 Å². The van der Waals surface area contributed by atoms with E-state index in [1.54, 1.807) is 23.2 Å². The Morgan fingerprint density at radius 3 is 2.95 bits per heavy atom. The highest BCUT2D eigenvalue weighted by Crippen LogP contribution is 2.32. The molecule has 0 saturated carbocycles. The Morgan fingerprint density at radius 2 is 2.10 bits per heavy atom. The van der Waals surface area contributed by atoms with Crippen molar-refractivity contribution in [1.29, 1.82) is 0 Å². The number of benzene rings is 1. The third kappa shape index (κ3) is 2.41. The van der Waals surface area contributed by atoms with Gasteiger partial charge in [-0.25, -0.2) is 4.98 Å². The number of carbonyl (C=O) groups excluding carboxylic acids is 1. The summed E-state index contributed by atoms with van der Waals surface area (Å²) >= 11 is 3.33. The summed E-state index contributed by atoms with van der Waals surface area (Å²) in [5, 5.41) is 0. The maximum atomic E-state index is 12.7. The minimum atomic E-state index is -0.0667. The summed E-state index contributed by atoms with van der Waals surface area (Å²) in [4.78, 5) is 18.6. The van der Waals surface area contributed by atoms with Gasteiger partial charge in [0.2, 0.25) is 0 Å². The molecule has 1 aromatic heterocycles. The van der Waals surface area contributed by atoms with E-state index in [-0.39, 0.29) is 5.91 Å². The van der Waals surface area contributed by atoms with Gasteiger partial charge in [0.05, 0.1) is 17.9 Å². The lowest BCUT2D eigenvalue weighted by Gasteiger charge is -2.22. The molecule has 1 aliphatic heterocycles. The summed E-state index contributed by atoms with van der Waals surface area (Å²) < 4.78 is 6.24. The number of pyridine rings is 1. The highest BCUT2D eigenvalue weighted by molar-refractivity contribution is 9.10. The van der Waals surface area contributed by atoms with E-state index >= 15 is 0 Å². The van der Waals surface area contributed by atoms with Gasteiger partial charge in [0.25, 0.3) is 5.91 Å². The van der Waals surface area contributed by atoms with E-state index in [0.717, 1.165) is 17.9 Å². The van der Waals surface area contributed by atoms with Crippen LogP contribution in [0.1, 0.15) is 16.8 Å². The Morgan fingerprint density at radius 1 is 1.25 bits per heavy atom. The Kier molecular flexibility index (Phi) is 3.69. The van der Waals surface area contributed by atoms with Crippen molar-refractivity contribution in [3.05, 3.63) is 52.8 Å². The third-order valence-corrected chi connectivity index (χ3v) is 3.81. The summed E-state index contributed by atoms with van der Waals surface area (Å²) in [6, 6.07) is 11.1. The predicted octanol–water partition coefficient (Wildman–Crippen LogP) is 3.27. The molecule has 0 unspecified atom stereocenters. The zero-order chi connectivity index (χ0) is 13.9. The fourth-order valence-corrected chi connectivity index (χ4v) is 2.65. The van der Waals surface area contributed by atoms with Gasteiger partial charge >= 0.3 is 0 Å². The van der Waals surface area contributed by atoms with E-state index in [1.165, 1.54) is 0 Å². The maximum Gasteiger partial charge on any atom is 0.261 e. The molecular formula is C15H13BrN2O2. The first-order chi connectivity index (χ1) is 9.77. The van der Waals surface area contributed by atoms with E-state index in [4.69, 9.17) is 4.74 Å². The standard InChI is InChI=1S/C15H13BrN2O2/c16-14-11(5-3-8-17-14)15(19)18-9-4-10-20-13-7-2-1-6-12(13)18/h1-3,5-8H,4,9-10H2. The zero-order valence-corrected chi connectivity index (χ0v) is 12.3. The molecule has 0 fully saturated rings. The number of fused-ring (bicyclic) bond motifs is 1. The number of carbonyl (C=O) groups is 1. The monoisotopic (exact) mass is 332 g/mol. The van der Waals surface area contributed by atoms with Gasteiger partial charge in [0.1, 0.15) is 10.4 Å². The lowest BCUT2D eigenvalue weighted by molar-refractivity contribution is 0.0986. The molecule has 0 radical (unpaired) electrons. The minimum absolute atomic E-state index is 0.0667. The molecule has 2 heterocycles. The third-order valence-electron chi connectivity index (χ3n) is 3.17. The number of anilines is 1. The van der Waals surface area contributed by atoms with Crippen molar-refractivity contribution in [2.75, 3.05) is 18.1 Å². The number of amides is 1. The van der Waals surface area contributed by atoms with Crippen LogP contribution in [-0.4, -0.2) is 24.0 Å². The number of ether oxygens (including phenoxy) is 1. The number of hydrogen-bond acceptors (Lipinski definition) is 3. The van der Waals surface area contributed by atoms with Gasteiger partial charge in [0.15, 0.2) is 0 Å². The molecule has 20 heavy (non-hydrogen) atoms. The average Bonchev–Trinajstić information content (AvgIpc) is 2.69. The van der Waals surface area contributed by atoms with Crippen molar-refractivity contribution in [3.63, 3.8) is 0 Å². The molecule has 0 bridgehead atoms. The summed E-state index contributed by atoms with van der Waals surface area (Å²) in [6.45, 7) is 1.26. The molecular weight excluding hydrogens is 320 g/mol. The topological polar surface area (TPSA) is 42.4 Å². The van der Waals surface area contributed by atoms with Gasteiger partial charge in [-0.3, -0.25) is 4.79 Å². The van der Waals surface area contributed by atoms with Crippen molar-refractivity contribution in [3.8, 4) is 5.75 Å². The van der Waals surface area contributed by atoms with Crippen LogP contribution in [0.15, 0.2) is 47.2 Å². The fourth-order valence-electron chi connectivity index (χ4n) is 2.23. The Hall–Kier alpha value is -1.88. The molecule has 1 aromatic carbocycles. The Labute approximate surface area is 125 Å². The van der Waals surface area contributed by atoms with Gasteiger partial charge in [-0.05, 0) is 46.6 Å². The van der Waals surface area contributed by atoms with Gasteiger partial charge in [-0.2, -0.15) is 0 Å². The SMILES string of the molecule is O=C(c1cccnc1Br)N1CCCOc2ccccc21. The number of aromatic nitrogens is 1. The van der Waals surface area contributed by atoms with Crippen LogP contribution in [0.25, 0.3) is 0 Å². The zero-order valence-electron chi connectivity index (χ0n) is 10.8. The second-order valence-electron chi connectivity index (χ2n) is 4.47. The van der Waals surface area contributed by atoms with Crippen LogP contribution in [0.4, 0.5) is 5.69 Å². The van der Waals surface area contributed by atoms with E-state index in [0.29, 0.717) is 23.3 Å². The number of rotatable bonds is 1. The molecule has 1 aliphatic rings. The number of nitrogens with zero attached hydrogens (tertiary/aromatic N) is 2. The average molecular weight is 333 g/mol. The summed E-state index contributed by atoms with van der Waals surface area (Å²) in [5.41, 5.74) is 1.37. The Balaban J connectivity index is 2.02. The molecule has 0 atom stereocenters. The second-order valence-corrected chi connectivity index (χ2v) is 5.22. The summed E-state index contributed by atoms with van der Waals surface area (Å²) in [5.74, 6) is 0.682. The van der Waals surface area contributed by atoms with Gasteiger partial charge in [0, 0.05) is 12.7 Å². The van der Waals surface area contributed by atoms with E-state index in [2.05, 4.69) is 20.9 Å². The fraction of sp³-hybridized carbons (Fsp3) is 0.200. The molecule has 1 amide bonds. The highest BCUT2D eigenvalue weighted by atomic mass is 79.9. The summed E-state index contributed by atoms with van der Waals surface area (Å²) in [6.07, 6.45) is 2.46. The smallest absolute Gasteiger partial charge is 0.261 e. The first-order valence-corrected chi connectivity index (χ1v) is 7.21. The highest BCUT2D eigenvalue weighted by Gasteiger charge is 2.24. The molecule has 4 nitrogen and oxygen atoms in total. The normalized spacial score (nSPS) is 14.2. The molecule has 0 spiro atoms. The molecule has 3 rings (SSSR count). The number of para-hydroxylation sites is 2.